The normalized spacial score (nSPS) is 12.9. The minimum atomic E-state index is 0.206. The summed E-state index contributed by atoms with van der Waals surface area (Å²) in [6.07, 6.45) is 2.14. The molecule has 0 aromatic carbocycles. The standard InChI is InChI=1S/C11H13NS2/c12-10(11-4-2-8-14-11)6-5-9-3-1-7-13-9/h1-4,7-8,10H,5-6,12H2. The van der Waals surface area contributed by atoms with E-state index in [0.717, 1.165) is 12.8 Å². The van der Waals surface area contributed by atoms with Gasteiger partial charge in [-0.15, -0.1) is 22.7 Å². The Hall–Kier alpha value is -0.640. The molecule has 0 aliphatic heterocycles. The van der Waals surface area contributed by atoms with Crippen molar-refractivity contribution in [1.82, 2.24) is 0 Å². The van der Waals surface area contributed by atoms with Gasteiger partial charge in [0, 0.05) is 15.8 Å². The van der Waals surface area contributed by atoms with Crippen molar-refractivity contribution < 1.29 is 0 Å². The molecule has 0 saturated heterocycles. The van der Waals surface area contributed by atoms with Crippen LogP contribution < -0.4 is 5.73 Å². The molecule has 0 amide bonds. The van der Waals surface area contributed by atoms with Crippen LogP contribution >= 0.6 is 22.7 Å². The number of aryl methyl sites for hydroxylation is 1. The maximum atomic E-state index is 6.07. The monoisotopic (exact) mass is 223 g/mol. The van der Waals surface area contributed by atoms with E-state index in [1.54, 1.807) is 11.3 Å². The molecule has 74 valence electrons. The fraction of sp³-hybridized carbons (Fsp3) is 0.273. The zero-order valence-corrected chi connectivity index (χ0v) is 9.48. The first kappa shape index (κ1) is 9.90. The smallest absolute Gasteiger partial charge is 0.0393 e. The lowest BCUT2D eigenvalue weighted by molar-refractivity contribution is 0.666. The molecule has 2 rings (SSSR count). The van der Waals surface area contributed by atoms with Gasteiger partial charge in [-0.3, -0.25) is 0 Å². The number of rotatable bonds is 4. The minimum Gasteiger partial charge on any atom is -0.323 e. The SMILES string of the molecule is NC(CCc1cccs1)c1cccs1. The van der Waals surface area contributed by atoms with E-state index >= 15 is 0 Å². The topological polar surface area (TPSA) is 26.0 Å². The highest BCUT2D eigenvalue weighted by molar-refractivity contribution is 7.10. The summed E-state index contributed by atoms with van der Waals surface area (Å²) in [6.45, 7) is 0. The number of hydrogen-bond acceptors (Lipinski definition) is 3. The van der Waals surface area contributed by atoms with Crippen LogP contribution in [0.3, 0.4) is 0 Å². The Morgan fingerprint density at radius 2 is 1.93 bits per heavy atom. The average Bonchev–Trinajstić information content (AvgIpc) is 2.87. The van der Waals surface area contributed by atoms with Crippen LogP contribution in [0.4, 0.5) is 0 Å². The van der Waals surface area contributed by atoms with E-state index < -0.39 is 0 Å². The molecule has 0 bridgehead atoms. The van der Waals surface area contributed by atoms with E-state index in [0.29, 0.717) is 0 Å². The van der Waals surface area contributed by atoms with Crippen molar-refractivity contribution in [3.8, 4) is 0 Å². The van der Waals surface area contributed by atoms with E-state index in [4.69, 9.17) is 5.73 Å². The first-order valence-corrected chi connectivity index (χ1v) is 6.43. The van der Waals surface area contributed by atoms with Crippen molar-refractivity contribution in [3.63, 3.8) is 0 Å². The predicted molar refractivity (Wildman–Crippen MR) is 63.9 cm³/mol. The van der Waals surface area contributed by atoms with Crippen molar-refractivity contribution >= 4 is 22.7 Å². The Kier molecular flexibility index (Phi) is 3.35. The highest BCUT2D eigenvalue weighted by Crippen LogP contribution is 2.22. The molecule has 2 heterocycles. The molecule has 0 fully saturated rings. The molecule has 0 saturated carbocycles. The molecule has 3 heteroatoms. The highest BCUT2D eigenvalue weighted by Gasteiger charge is 2.06. The molecule has 0 aliphatic carbocycles. The Balaban J connectivity index is 1.87. The second-order valence-electron chi connectivity index (χ2n) is 3.24. The molecule has 2 N–H and O–H groups in total. The van der Waals surface area contributed by atoms with Gasteiger partial charge in [0.15, 0.2) is 0 Å². The molecule has 2 aromatic heterocycles. The van der Waals surface area contributed by atoms with Crippen molar-refractivity contribution in [2.45, 2.75) is 18.9 Å². The van der Waals surface area contributed by atoms with Crippen molar-refractivity contribution in [2.75, 3.05) is 0 Å². The molecule has 1 atom stereocenters. The summed E-state index contributed by atoms with van der Waals surface area (Å²) in [7, 11) is 0. The van der Waals surface area contributed by atoms with Gasteiger partial charge in [0.25, 0.3) is 0 Å². The fourth-order valence-electron chi connectivity index (χ4n) is 1.40. The molecular formula is C11H13NS2. The fourth-order valence-corrected chi connectivity index (χ4v) is 2.89. The summed E-state index contributed by atoms with van der Waals surface area (Å²) in [6, 6.07) is 8.65. The molecule has 1 unspecified atom stereocenters. The third kappa shape index (κ3) is 2.44. The molecule has 0 radical (unpaired) electrons. The Labute approximate surface area is 92.2 Å². The molecule has 0 aliphatic rings. The van der Waals surface area contributed by atoms with Gasteiger partial charge in [-0.1, -0.05) is 12.1 Å². The first-order chi connectivity index (χ1) is 6.86. The summed E-state index contributed by atoms with van der Waals surface area (Å²) in [5.74, 6) is 0. The number of hydrogen-bond donors (Lipinski definition) is 1. The lowest BCUT2D eigenvalue weighted by atomic mass is 10.1. The maximum Gasteiger partial charge on any atom is 0.0393 e. The van der Waals surface area contributed by atoms with Crippen molar-refractivity contribution in [1.29, 1.82) is 0 Å². The van der Waals surface area contributed by atoms with Gasteiger partial charge in [-0.25, -0.2) is 0 Å². The second kappa shape index (κ2) is 4.73. The van der Waals surface area contributed by atoms with Gasteiger partial charge < -0.3 is 5.73 Å². The molecule has 1 nitrogen and oxygen atoms in total. The van der Waals surface area contributed by atoms with Gasteiger partial charge in [0.2, 0.25) is 0 Å². The van der Waals surface area contributed by atoms with Crippen LogP contribution in [0.15, 0.2) is 35.0 Å². The third-order valence-corrected chi connectivity index (χ3v) is 4.13. The Morgan fingerprint density at radius 3 is 2.57 bits per heavy atom. The zero-order valence-electron chi connectivity index (χ0n) is 7.85. The summed E-state index contributed by atoms with van der Waals surface area (Å²) in [5, 5.41) is 4.20. The van der Waals surface area contributed by atoms with Gasteiger partial charge in [-0.05, 0) is 35.7 Å². The van der Waals surface area contributed by atoms with Crippen LogP contribution in [0.5, 0.6) is 0 Å². The lowest BCUT2D eigenvalue weighted by Crippen LogP contribution is -2.09. The van der Waals surface area contributed by atoms with E-state index in [2.05, 4.69) is 35.0 Å². The van der Waals surface area contributed by atoms with E-state index in [1.807, 2.05) is 11.3 Å². The van der Waals surface area contributed by atoms with Gasteiger partial charge in [0.1, 0.15) is 0 Å². The van der Waals surface area contributed by atoms with Crippen LogP contribution in [0.25, 0.3) is 0 Å². The summed E-state index contributed by atoms with van der Waals surface area (Å²) in [5.41, 5.74) is 6.07. The Bertz CT molecular complexity index is 351. The molecular weight excluding hydrogens is 210 g/mol. The van der Waals surface area contributed by atoms with E-state index in [9.17, 15) is 0 Å². The quantitative estimate of drug-likeness (QED) is 0.844. The van der Waals surface area contributed by atoms with E-state index in [-0.39, 0.29) is 6.04 Å². The van der Waals surface area contributed by atoms with Gasteiger partial charge in [0.05, 0.1) is 0 Å². The predicted octanol–water partition coefficient (Wildman–Crippen LogP) is 3.44. The van der Waals surface area contributed by atoms with Gasteiger partial charge in [-0.2, -0.15) is 0 Å². The second-order valence-corrected chi connectivity index (χ2v) is 5.25. The maximum absolute atomic E-state index is 6.07. The number of nitrogens with two attached hydrogens (primary N) is 1. The largest absolute Gasteiger partial charge is 0.323 e. The Morgan fingerprint density at radius 1 is 1.14 bits per heavy atom. The zero-order chi connectivity index (χ0) is 9.80. The lowest BCUT2D eigenvalue weighted by Gasteiger charge is -2.07. The average molecular weight is 223 g/mol. The van der Waals surface area contributed by atoms with Crippen molar-refractivity contribution in [3.05, 3.63) is 44.8 Å². The van der Waals surface area contributed by atoms with Crippen LogP contribution in [-0.2, 0) is 6.42 Å². The molecule has 2 aromatic rings. The van der Waals surface area contributed by atoms with Crippen LogP contribution in [0, 0.1) is 0 Å². The first-order valence-electron chi connectivity index (χ1n) is 4.67. The van der Waals surface area contributed by atoms with Crippen LogP contribution in [0.2, 0.25) is 0 Å². The summed E-state index contributed by atoms with van der Waals surface area (Å²) < 4.78 is 0. The number of thiophene rings is 2. The highest BCUT2D eigenvalue weighted by atomic mass is 32.1. The van der Waals surface area contributed by atoms with Crippen LogP contribution in [0.1, 0.15) is 22.2 Å². The molecule has 0 spiro atoms. The summed E-state index contributed by atoms with van der Waals surface area (Å²) in [4.78, 5) is 2.72. The third-order valence-electron chi connectivity index (χ3n) is 2.19. The van der Waals surface area contributed by atoms with Crippen LogP contribution in [-0.4, -0.2) is 0 Å². The summed E-state index contributed by atoms with van der Waals surface area (Å²) >= 11 is 3.56. The van der Waals surface area contributed by atoms with E-state index in [1.165, 1.54) is 9.75 Å². The van der Waals surface area contributed by atoms with Gasteiger partial charge >= 0.3 is 0 Å². The van der Waals surface area contributed by atoms with Crippen molar-refractivity contribution in [2.24, 2.45) is 5.73 Å². The minimum absolute atomic E-state index is 0.206. The molecule has 14 heavy (non-hydrogen) atoms.